The van der Waals surface area contributed by atoms with E-state index in [2.05, 4.69) is 7.05 Å². The van der Waals surface area contributed by atoms with Gasteiger partial charge in [-0.1, -0.05) is 0 Å². The lowest BCUT2D eigenvalue weighted by molar-refractivity contribution is -0.147. The summed E-state index contributed by atoms with van der Waals surface area (Å²) in [5.41, 5.74) is -0.554. The number of aliphatic carboxylic acids is 1. The smallest absolute Gasteiger partial charge is 0.310 e. The van der Waals surface area contributed by atoms with Gasteiger partial charge in [0.15, 0.2) is 0 Å². The van der Waals surface area contributed by atoms with Crippen LogP contribution >= 0.6 is 0 Å². The topological polar surface area (TPSA) is 40.5 Å². The summed E-state index contributed by atoms with van der Waals surface area (Å²) in [5.74, 6) is -0.710. The van der Waals surface area contributed by atoms with Crippen LogP contribution in [-0.2, 0) is 4.79 Å². The molecule has 1 heterocycles. The van der Waals surface area contributed by atoms with Crippen molar-refractivity contribution in [2.24, 2.45) is 5.41 Å². The second-order valence-electron chi connectivity index (χ2n) is 3.17. The van der Waals surface area contributed by atoms with Crippen LogP contribution < -0.4 is 0 Å². The minimum absolute atomic E-state index is 0.554. The molecule has 57 valence electrons. The summed E-state index contributed by atoms with van der Waals surface area (Å²) in [6.07, 6.45) is 0.714. The molecule has 0 aromatic rings. The largest absolute Gasteiger partial charge is 0.481 e. The zero-order valence-electron chi connectivity index (χ0n) is 6.13. The van der Waals surface area contributed by atoms with Gasteiger partial charge in [-0.3, -0.25) is 4.79 Å². The summed E-state index contributed by atoms with van der Waals surface area (Å²) in [7, 11) is 3.69. The van der Waals surface area contributed by atoms with Gasteiger partial charge in [0.1, 0.15) is 0 Å². The molecule has 1 aliphatic heterocycles. The van der Waals surface area contributed by atoms with Crippen LogP contribution in [0.2, 0.25) is 0 Å². The van der Waals surface area contributed by atoms with Gasteiger partial charge in [0, 0.05) is 13.6 Å². The Morgan fingerprint density at radius 3 is 2.60 bits per heavy atom. The maximum absolute atomic E-state index is 10.6. The lowest BCUT2D eigenvalue weighted by atomic mass is 9.90. The van der Waals surface area contributed by atoms with Gasteiger partial charge in [-0.25, -0.2) is 0 Å². The molecule has 1 atom stereocenters. The lowest BCUT2D eigenvalue weighted by Crippen LogP contribution is -2.29. The molecule has 10 heavy (non-hydrogen) atoms. The molecule has 0 aromatic carbocycles. The molecule has 1 radical (unpaired) electrons. The molecule has 0 saturated carbocycles. The van der Waals surface area contributed by atoms with Crippen LogP contribution in [-0.4, -0.2) is 29.1 Å². The SMILES string of the molecule is [CH2]N1CCC(C)(C(=O)O)C1. The Labute approximate surface area is 60.6 Å². The van der Waals surface area contributed by atoms with Gasteiger partial charge in [-0.15, -0.1) is 0 Å². The molecule has 1 N–H and O–H groups in total. The third kappa shape index (κ3) is 1.14. The van der Waals surface area contributed by atoms with E-state index in [0.717, 1.165) is 6.54 Å². The summed E-state index contributed by atoms with van der Waals surface area (Å²) in [4.78, 5) is 12.4. The Bertz CT molecular complexity index is 158. The van der Waals surface area contributed by atoms with Gasteiger partial charge >= 0.3 is 5.97 Å². The number of carboxylic acid groups (broad SMARTS) is 1. The maximum Gasteiger partial charge on any atom is 0.310 e. The second kappa shape index (κ2) is 2.23. The van der Waals surface area contributed by atoms with E-state index >= 15 is 0 Å². The summed E-state index contributed by atoms with van der Waals surface area (Å²) >= 11 is 0. The zero-order chi connectivity index (χ0) is 7.78. The Hall–Kier alpha value is -0.570. The Morgan fingerprint density at radius 1 is 1.80 bits per heavy atom. The van der Waals surface area contributed by atoms with Gasteiger partial charge in [0.05, 0.1) is 5.41 Å². The number of likely N-dealkylation sites (tertiary alicyclic amines) is 1. The summed E-state index contributed by atoms with van der Waals surface area (Å²) in [5, 5.41) is 8.74. The van der Waals surface area contributed by atoms with E-state index in [-0.39, 0.29) is 0 Å². The predicted octanol–water partition coefficient (Wildman–Crippen LogP) is 0.575. The molecule has 1 fully saturated rings. The first-order valence-electron chi connectivity index (χ1n) is 3.33. The number of hydrogen-bond donors (Lipinski definition) is 1. The molecular formula is C7H12NO2. The van der Waals surface area contributed by atoms with Crippen LogP contribution in [0.15, 0.2) is 0 Å². The first-order chi connectivity index (χ1) is 4.54. The molecule has 0 amide bonds. The molecule has 1 saturated heterocycles. The molecule has 0 spiro atoms. The van der Waals surface area contributed by atoms with E-state index in [0.29, 0.717) is 13.0 Å². The third-order valence-corrected chi connectivity index (χ3v) is 2.07. The molecule has 1 rings (SSSR count). The van der Waals surface area contributed by atoms with Crippen LogP contribution in [0.25, 0.3) is 0 Å². The lowest BCUT2D eigenvalue weighted by Gasteiger charge is -2.16. The van der Waals surface area contributed by atoms with E-state index < -0.39 is 11.4 Å². The van der Waals surface area contributed by atoms with Gasteiger partial charge in [0.2, 0.25) is 0 Å². The summed E-state index contributed by atoms with van der Waals surface area (Å²) < 4.78 is 0. The quantitative estimate of drug-likeness (QED) is 0.582. The van der Waals surface area contributed by atoms with Crippen LogP contribution in [0.5, 0.6) is 0 Å². The summed E-state index contributed by atoms with van der Waals surface area (Å²) in [6.45, 7) is 3.13. The Kier molecular flexibility index (Phi) is 1.68. The molecule has 0 aliphatic carbocycles. The van der Waals surface area contributed by atoms with E-state index in [4.69, 9.17) is 5.11 Å². The minimum atomic E-state index is -0.710. The van der Waals surface area contributed by atoms with Crippen molar-refractivity contribution in [3.05, 3.63) is 7.05 Å². The van der Waals surface area contributed by atoms with Gasteiger partial charge in [0.25, 0.3) is 0 Å². The first kappa shape index (κ1) is 7.54. The number of carbonyl (C=O) groups is 1. The van der Waals surface area contributed by atoms with Crippen LogP contribution in [0.1, 0.15) is 13.3 Å². The van der Waals surface area contributed by atoms with Gasteiger partial charge in [-0.2, -0.15) is 0 Å². The molecule has 3 heteroatoms. The highest BCUT2D eigenvalue weighted by Crippen LogP contribution is 2.28. The Balaban J connectivity index is 2.63. The molecule has 3 nitrogen and oxygen atoms in total. The van der Waals surface area contributed by atoms with Crippen molar-refractivity contribution in [1.29, 1.82) is 0 Å². The zero-order valence-corrected chi connectivity index (χ0v) is 6.13. The van der Waals surface area contributed by atoms with Crippen LogP contribution in [0.4, 0.5) is 0 Å². The van der Waals surface area contributed by atoms with Gasteiger partial charge < -0.3 is 10.0 Å². The van der Waals surface area contributed by atoms with Crippen molar-refractivity contribution in [1.82, 2.24) is 4.90 Å². The highest BCUT2D eigenvalue weighted by atomic mass is 16.4. The van der Waals surface area contributed by atoms with Crippen molar-refractivity contribution in [3.63, 3.8) is 0 Å². The average molecular weight is 142 g/mol. The van der Waals surface area contributed by atoms with Gasteiger partial charge in [-0.05, 0) is 19.9 Å². The maximum atomic E-state index is 10.6. The van der Waals surface area contributed by atoms with E-state index in [1.54, 1.807) is 11.8 Å². The fourth-order valence-electron chi connectivity index (χ4n) is 1.23. The first-order valence-corrected chi connectivity index (χ1v) is 3.33. The fourth-order valence-corrected chi connectivity index (χ4v) is 1.23. The van der Waals surface area contributed by atoms with Crippen molar-refractivity contribution >= 4 is 5.97 Å². The minimum Gasteiger partial charge on any atom is -0.481 e. The highest BCUT2D eigenvalue weighted by Gasteiger charge is 2.38. The van der Waals surface area contributed by atoms with E-state index in [1.165, 1.54) is 0 Å². The van der Waals surface area contributed by atoms with Crippen molar-refractivity contribution in [2.75, 3.05) is 13.1 Å². The van der Waals surface area contributed by atoms with E-state index in [1.807, 2.05) is 0 Å². The molecule has 0 bridgehead atoms. The third-order valence-electron chi connectivity index (χ3n) is 2.07. The monoisotopic (exact) mass is 142 g/mol. The van der Waals surface area contributed by atoms with Crippen LogP contribution in [0, 0.1) is 12.5 Å². The van der Waals surface area contributed by atoms with Crippen LogP contribution in [0.3, 0.4) is 0 Å². The second-order valence-corrected chi connectivity index (χ2v) is 3.17. The fraction of sp³-hybridized carbons (Fsp3) is 0.714. The van der Waals surface area contributed by atoms with Crippen molar-refractivity contribution in [2.45, 2.75) is 13.3 Å². The number of nitrogens with zero attached hydrogens (tertiary/aromatic N) is 1. The average Bonchev–Trinajstić information content (AvgIpc) is 2.13. The highest BCUT2D eigenvalue weighted by molar-refractivity contribution is 5.74. The predicted molar refractivity (Wildman–Crippen MR) is 37.3 cm³/mol. The number of rotatable bonds is 1. The molecular weight excluding hydrogens is 130 g/mol. The number of carboxylic acids is 1. The van der Waals surface area contributed by atoms with Crippen molar-refractivity contribution in [3.8, 4) is 0 Å². The van der Waals surface area contributed by atoms with E-state index in [9.17, 15) is 4.79 Å². The Morgan fingerprint density at radius 2 is 2.40 bits per heavy atom. The van der Waals surface area contributed by atoms with Crippen molar-refractivity contribution < 1.29 is 9.90 Å². The number of hydrogen-bond acceptors (Lipinski definition) is 2. The standard InChI is InChI=1S/C7H12NO2/c1-7(6(9)10)3-4-8(2)5-7/h2-5H2,1H3,(H,9,10). The molecule has 1 unspecified atom stereocenters. The molecule has 1 aliphatic rings. The normalized spacial score (nSPS) is 34.6. The molecule has 0 aromatic heterocycles. The summed E-state index contributed by atoms with van der Waals surface area (Å²) in [6, 6.07) is 0.